The van der Waals surface area contributed by atoms with Crippen LogP contribution in [0.3, 0.4) is 0 Å². The third kappa shape index (κ3) is 5.10. The second-order valence-corrected chi connectivity index (χ2v) is 9.78. The van der Waals surface area contributed by atoms with Gasteiger partial charge in [-0.15, -0.1) is 0 Å². The van der Waals surface area contributed by atoms with Crippen LogP contribution in [-0.2, 0) is 26.0 Å². The standard InChI is InChI=1S/C25H26N4O6S/c1-34-18-7-8-22(35-2)23(15-18)36(32,33)29-20-6-4-3-5-19(20)28-25(31)21(29)16-24(30)27-14-11-17-9-12-26-13-10-17/h3-10,12-13,15,21H,11,14,16H2,1-2H3,(H,27,30)(H,28,31)/t21-/m1/s1. The molecule has 1 atom stereocenters. The summed E-state index contributed by atoms with van der Waals surface area (Å²) >= 11 is 0. The predicted molar refractivity (Wildman–Crippen MR) is 134 cm³/mol. The highest BCUT2D eigenvalue weighted by molar-refractivity contribution is 7.93. The van der Waals surface area contributed by atoms with Crippen molar-refractivity contribution in [1.82, 2.24) is 10.3 Å². The van der Waals surface area contributed by atoms with Gasteiger partial charge in [-0.3, -0.25) is 18.9 Å². The highest BCUT2D eigenvalue weighted by atomic mass is 32.2. The number of anilines is 2. The summed E-state index contributed by atoms with van der Waals surface area (Å²) < 4.78 is 39.5. The number of pyridine rings is 1. The molecule has 10 nitrogen and oxygen atoms in total. The van der Waals surface area contributed by atoms with Crippen molar-refractivity contribution < 1.29 is 27.5 Å². The number of methoxy groups -OCH3 is 2. The SMILES string of the molecule is COc1ccc(OC)c(S(=O)(=O)N2c3ccccc3NC(=O)[C@H]2CC(=O)NCCc2ccncc2)c1. The fraction of sp³-hybridized carbons (Fsp3) is 0.240. The molecule has 188 valence electrons. The fourth-order valence-electron chi connectivity index (χ4n) is 3.97. The van der Waals surface area contributed by atoms with E-state index in [4.69, 9.17) is 9.47 Å². The van der Waals surface area contributed by atoms with Gasteiger partial charge >= 0.3 is 0 Å². The summed E-state index contributed by atoms with van der Waals surface area (Å²) in [7, 11) is -1.59. The molecule has 36 heavy (non-hydrogen) atoms. The largest absolute Gasteiger partial charge is 0.497 e. The first-order valence-corrected chi connectivity index (χ1v) is 12.6. The van der Waals surface area contributed by atoms with Crippen LogP contribution in [0.5, 0.6) is 11.5 Å². The van der Waals surface area contributed by atoms with E-state index >= 15 is 0 Å². The first kappa shape index (κ1) is 25.0. The summed E-state index contributed by atoms with van der Waals surface area (Å²) in [5.41, 5.74) is 1.56. The number of rotatable bonds is 9. The van der Waals surface area contributed by atoms with Crippen LogP contribution in [0.15, 0.2) is 71.9 Å². The normalized spacial score (nSPS) is 15.0. The van der Waals surface area contributed by atoms with E-state index in [0.29, 0.717) is 24.4 Å². The second-order valence-electron chi connectivity index (χ2n) is 8.00. The minimum atomic E-state index is -4.36. The average molecular weight is 511 g/mol. The summed E-state index contributed by atoms with van der Waals surface area (Å²) in [6.45, 7) is 0.324. The Morgan fingerprint density at radius 2 is 1.83 bits per heavy atom. The van der Waals surface area contributed by atoms with E-state index in [2.05, 4.69) is 15.6 Å². The van der Waals surface area contributed by atoms with Gasteiger partial charge in [-0.1, -0.05) is 12.1 Å². The lowest BCUT2D eigenvalue weighted by molar-refractivity contribution is -0.125. The first-order chi connectivity index (χ1) is 17.3. The number of carbonyl (C=O) groups is 2. The van der Waals surface area contributed by atoms with Crippen LogP contribution in [0.25, 0.3) is 0 Å². The number of ether oxygens (including phenoxy) is 2. The summed E-state index contributed by atoms with van der Waals surface area (Å²) in [6.07, 6.45) is 3.52. The number of sulfonamides is 1. The molecule has 3 aromatic rings. The molecule has 2 amide bonds. The lowest BCUT2D eigenvalue weighted by atomic mass is 10.1. The molecule has 4 rings (SSSR count). The molecule has 0 fully saturated rings. The topological polar surface area (TPSA) is 127 Å². The Morgan fingerprint density at radius 3 is 2.56 bits per heavy atom. The molecule has 0 spiro atoms. The zero-order valence-corrected chi connectivity index (χ0v) is 20.6. The molecule has 0 saturated carbocycles. The van der Waals surface area contributed by atoms with Gasteiger partial charge in [0, 0.05) is 25.0 Å². The van der Waals surface area contributed by atoms with Gasteiger partial charge in [0.15, 0.2) is 0 Å². The summed E-state index contributed by atoms with van der Waals surface area (Å²) in [5.74, 6) is -0.681. The number of amides is 2. The Labute approximate surface area is 209 Å². The van der Waals surface area contributed by atoms with Crippen molar-refractivity contribution in [2.24, 2.45) is 0 Å². The molecule has 0 radical (unpaired) electrons. The van der Waals surface area contributed by atoms with Crippen molar-refractivity contribution in [3.05, 3.63) is 72.6 Å². The molecule has 2 N–H and O–H groups in total. The summed E-state index contributed by atoms with van der Waals surface area (Å²) in [5, 5.41) is 5.48. The lowest BCUT2D eigenvalue weighted by Crippen LogP contribution is -2.52. The van der Waals surface area contributed by atoms with Gasteiger partial charge in [0.1, 0.15) is 22.4 Å². The van der Waals surface area contributed by atoms with Crippen LogP contribution in [0.1, 0.15) is 12.0 Å². The number of hydrogen-bond donors (Lipinski definition) is 2. The molecule has 0 aliphatic carbocycles. The van der Waals surface area contributed by atoms with Crippen LogP contribution in [-0.4, -0.2) is 52.0 Å². The number of aromatic nitrogens is 1. The number of fused-ring (bicyclic) bond motifs is 1. The van der Waals surface area contributed by atoms with Crippen molar-refractivity contribution >= 4 is 33.2 Å². The smallest absolute Gasteiger partial charge is 0.268 e. The maximum absolute atomic E-state index is 14.0. The van der Waals surface area contributed by atoms with Crippen LogP contribution >= 0.6 is 0 Å². The lowest BCUT2D eigenvalue weighted by Gasteiger charge is -2.37. The van der Waals surface area contributed by atoms with E-state index in [-0.39, 0.29) is 22.8 Å². The van der Waals surface area contributed by atoms with Crippen LogP contribution in [0.4, 0.5) is 11.4 Å². The Bertz CT molecular complexity index is 1360. The van der Waals surface area contributed by atoms with E-state index in [9.17, 15) is 18.0 Å². The van der Waals surface area contributed by atoms with Crippen molar-refractivity contribution in [1.29, 1.82) is 0 Å². The molecule has 11 heteroatoms. The van der Waals surface area contributed by atoms with Gasteiger partial charge in [0.2, 0.25) is 11.8 Å². The van der Waals surface area contributed by atoms with Gasteiger partial charge in [-0.2, -0.15) is 0 Å². The van der Waals surface area contributed by atoms with Crippen LogP contribution < -0.4 is 24.4 Å². The van der Waals surface area contributed by atoms with Crippen molar-refractivity contribution in [3.63, 3.8) is 0 Å². The molecule has 1 aliphatic rings. The quantitative estimate of drug-likeness (QED) is 0.452. The molecular weight excluding hydrogens is 484 g/mol. The molecule has 0 saturated heterocycles. The number of para-hydroxylation sites is 2. The number of carbonyl (C=O) groups excluding carboxylic acids is 2. The van der Waals surface area contributed by atoms with Gasteiger partial charge in [0.05, 0.1) is 32.0 Å². The predicted octanol–water partition coefficient (Wildman–Crippen LogP) is 2.36. The molecule has 2 heterocycles. The van der Waals surface area contributed by atoms with Crippen LogP contribution in [0.2, 0.25) is 0 Å². The van der Waals surface area contributed by atoms with Gasteiger partial charge in [-0.05, 0) is 48.4 Å². The number of benzene rings is 2. The summed E-state index contributed by atoms with van der Waals surface area (Å²) in [6, 6.07) is 13.3. The van der Waals surface area contributed by atoms with Gasteiger partial charge in [0.25, 0.3) is 10.0 Å². The Balaban J connectivity index is 1.66. The monoisotopic (exact) mass is 510 g/mol. The Kier molecular flexibility index (Phi) is 7.39. The minimum absolute atomic E-state index is 0.0832. The zero-order chi connectivity index (χ0) is 25.7. The van der Waals surface area contributed by atoms with Crippen molar-refractivity contribution in [3.8, 4) is 11.5 Å². The summed E-state index contributed by atoms with van der Waals surface area (Å²) in [4.78, 5) is 29.7. The van der Waals surface area contributed by atoms with Crippen molar-refractivity contribution in [2.45, 2.75) is 23.8 Å². The third-order valence-electron chi connectivity index (χ3n) is 5.76. The molecule has 0 bridgehead atoms. The average Bonchev–Trinajstić information content (AvgIpc) is 2.89. The van der Waals surface area contributed by atoms with E-state index in [0.717, 1.165) is 9.87 Å². The Morgan fingerprint density at radius 1 is 1.08 bits per heavy atom. The third-order valence-corrected chi connectivity index (χ3v) is 7.60. The molecule has 1 aliphatic heterocycles. The maximum atomic E-state index is 14.0. The Hall–Kier alpha value is -4.12. The van der Waals surface area contributed by atoms with Gasteiger partial charge < -0.3 is 20.1 Å². The van der Waals surface area contributed by atoms with E-state index < -0.39 is 27.9 Å². The highest BCUT2D eigenvalue weighted by Gasteiger charge is 2.43. The maximum Gasteiger partial charge on any atom is 0.268 e. The van der Waals surface area contributed by atoms with Gasteiger partial charge in [-0.25, -0.2) is 8.42 Å². The van der Waals surface area contributed by atoms with Crippen molar-refractivity contribution in [2.75, 3.05) is 30.4 Å². The first-order valence-electron chi connectivity index (χ1n) is 11.2. The minimum Gasteiger partial charge on any atom is -0.497 e. The number of hydrogen-bond acceptors (Lipinski definition) is 7. The van der Waals surface area contributed by atoms with Crippen LogP contribution in [0, 0.1) is 0 Å². The van der Waals surface area contributed by atoms with E-state index in [1.54, 1.807) is 42.7 Å². The second kappa shape index (κ2) is 10.6. The molecule has 1 aromatic heterocycles. The molecular formula is C25H26N4O6S. The van der Waals surface area contributed by atoms with E-state index in [1.807, 2.05) is 12.1 Å². The van der Waals surface area contributed by atoms with E-state index in [1.165, 1.54) is 26.4 Å². The fourth-order valence-corrected chi connectivity index (χ4v) is 5.78. The highest BCUT2D eigenvalue weighted by Crippen LogP contribution is 2.40. The molecule has 0 unspecified atom stereocenters. The molecule has 2 aromatic carbocycles. The number of nitrogens with zero attached hydrogens (tertiary/aromatic N) is 2. The number of nitrogens with one attached hydrogen (secondary N) is 2. The zero-order valence-electron chi connectivity index (χ0n) is 19.8.